The Balaban J connectivity index is 1.51. The van der Waals surface area contributed by atoms with Gasteiger partial charge in [-0.1, -0.05) is 35.9 Å². The first-order valence-corrected chi connectivity index (χ1v) is 20.4. The van der Waals surface area contributed by atoms with E-state index in [0.29, 0.717) is 11.5 Å². The molecular weight excluding hydrogens is 848 g/mol. The van der Waals surface area contributed by atoms with E-state index in [1.807, 2.05) is 36.1 Å². The molecule has 338 valence electrons. The lowest BCUT2D eigenvalue weighted by molar-refractivity contribution is -0.137. The van der Waals surface area contributed by atoms with Crippen LogP contribution in [0.3, 0.4) is 0 Å². The van der Waals surface area contributed by atoms with Gasteiger partial charge in [0.25, 0.3) is 0 Å². The van der Waals surface area contributed by atoms with Crippen molar-refractivity contribution in [3.05, 3.63) is 93.8 Å². The van der Waals surface area contributed by atoms with E-state index in [0.717, 1.165) is 11.1 Å². The molecule has 5 aromatic rings. The minimum absolute atomic E-state index is 0.100. The SMILES string of the molecule is COc1ccc(CN(Cc2ccc(OC)cc2)c2cc(C)c(C(F)(F)F)c(-c3c(Cl)cc4c(N5CCN(C(=O)OC(C)(C)C)C[C@@H]5C)nc(OCC(OC)OC)nc4c3F)n2)cc1. The number of carbonyl (C=O) groups is 1. The molecule has 0 saturated carbocycles. The summed E-state index contributed by atoms with van der Waals surface area (Å²) in [5, 5.41) is -0.257. The van der Waals surface area contributed by atoms with Crippen LogP contribution in [0.4, 0.5) is 34.0 Å². The Labute approximate surface area is 368 Å². The molecule has 0 unspecified atom stereocenters. The molecular formula is C45H51ClF4N6O7. The summed E-state index contributed by atoms with van der Waals surface area (Å²) in [6.07, 6.45) is -6.32. The molecule has 1 saturated heterocycles. The Hall–Kier alpha value is -5.65. The lowest BCUT2D eigenvalue weighted by Gasteiger charge is -2.41. The minimum atomic E-state index is -4.98. The van der Waals surface area contributed by atoms with Crippen LogP contribution >= 0.6 is 11.6 Å². The normalized spacial score (nSPS) is 14.6. The maximum Gasteiger partial charge on any atom is 0.418 e. The molecule has 13 nitrogen and oxygen atoms in total. The fourth-order valence-electron chi connectivity index (χ4n) is 7.28. The number of nitrogens with zero attached hydrogens (tertiary/aromatic N) is 6. The van der Waals surface area contributed by atoms with Crippen molar-refractivity contribution in [2.24, 2.45) is 0 Å². The summed E-state index contributed by atoms with van der Waals surface area (Å²) < 4.78 is 95.8. The second-order valence-electron chi connectivity index (χ2n) is 16.0. The van der Waals surface area contributed by atoms with Gasteiger partial charge in [0.15, 0.2) is 12.1 Å². The number of aromatic nitrogens is 3. The van der Waals surface area contributed by atoms with Crippen LogP contribution < -0.4 is 24.0 Å². The number of fused-ring (bicyclic) bond motifs is 1. The van der Waals surface area contributed by atoms with Gasteiger partial charge in [0.05, 0.1) is 36.1 Å². The second-order valence-corrected chi connectivity index (χ2v) is 16.4. The summed E-state index contributed by atoms with van der Waals surface area (Å²) in [6, 6.07) is 16.5. The molecule has 1 fully saturated rings. The predicted octanol–water partition coefficient (Wildman–Crippen LogP) is 9.48. The number of piperazine rings is 1. The number of benzene rings is 3. The van der Waals surface area contributed by atoms with Gasteiger partial charge in [-0.15, -0.1) is 0 Å². The molecule has 1 amide bonds. The Morgan fingerprint density at radius 1 is 0.889 bits per heavy atom. The number of hydrogen-bond acceptors (Lipinski definition) is 12. The highest BCUT2D eigenvalue weighted by Gasteiger charge is 2.40. The topological polar surface area (TPSA) is 121 Å². The van der Waals surface area contributed by atoms with Crippen molar-refractivity contribution < 1.29 is 50.8 Å². The van der Waals surface area contributed by atoms with Crippen LogP contribution in [0.15, 0.2) is 60.7 Å². The van der Waals surface area contributed by atoms with E-state index in [9.17, 15) is 4.79 Å². The lowest BCUT2D eigenvalue weighted by Crippen LogP contribution is -2.54. The third-order valence-corrected chi connectivity index (χ3v) is 10.7. The molecule has 18 heteroatoms. The molecule has 1 aliphatic rings. The number of pyridine rings is 1. The lowest BCUT2D eigenvalue weighted by atomic mass is 9.98. The van der Waals surface area contributed by atoms with E-state index in [-0.39, 0.29) is 78.5 Å². The Morgan fingerprint density at radius 3 is 1.98 bits per heavy atom. The number of rotatable bonds is 14. The summed E-state index contributed by atoms with van der Waals surface area (Å²) in [4.78, 5) is 31.8. The maximum absolute atomic E-state index is 17.6. The van der Waals surface area contributed by atoms with Crippen LogP contribution in [0.2, 0.25) is 5.02 Å². The van der Waals surface area contributed by atoms with Crippen molar-refractivity contribution in [3.8, 4) is 28.8 Å². The monoisotopic (exact) mass is 898 g/mol. The summed E-state index contributed by atoms with van der Waals surface area (Å²) in [7, 11) is 5.90. The first-order chi connectivity index (χ1) is 29.8. The van der Waals surface area contributed by atoms with Crippen LogP contribution in [-0.2, 0) is 33.5 Å². The zero-order valence-electron chi connectivity index (χ0n) is 36.6. The summed E-state index contributed by atoms with van der Waals surface area (Å²) in [6.45, 7) is 9.35. The highest BCUT2D eigenvalue weighted by Crippen LogP contribution is 2.45. The van der Waals surface area contributed by atoms with Crippen LogP contribution in [0, 0.1) is 12.7 Å². The molecule has 0 aliphatic carbocycles. The van der Waals surface area contributed by atoms with Crippen molar-refractivity contribution in [2.45, 2.75) is 71.8 Å². The van der Waals surface area contributed by atoms with Gasteiger partial charge < -0.3 is 43.1 Å². The zero-order valence-corrected chi connectivity index (χ0v) is 37.4. The van der Waals surface area contributed by atoms with E-state index >= 15 is 17.6 Å². The molecule has 3 heterocycles. The Bertz CT molecular complexity index is 2350. The number of alkyl halides is 3. The molecule has 0 bridgehead atoms. The van der Waals surface area contributed by atoms with Crippen LogP contribution in [0.5, 0.6) is 17.5 Å². The van der Waals surface area contributed by atoms with Gasteiger partial charge in [-0.3, -0.25) is 0 Å². The predicted molar refractivity (Wildman–Crippen MR) is 231 cm³/mol. The van der Waals surface area contributed by atoms with E-state index in [1.165, 1.54) is 33.3 Å². The maximum atomic E-state index is 17.6. The third kappa shape index (κ3) is 10.9. The largest absolute Gasteiger partial charge is 0.497 e. The number of carbonyl (C=O) groups excluding carboxylic acids is 1. The number of anilines is 2. The number of aryl methyl sites for hydroxylation is 1. The van der Waals surface area contributed by atoms with Gasteiger partial charge in [-0.05, 0) is 87.7 Å². The van der Waals surface area contributed by atoms with E-state index in [1.54, 1.807) is 69.1 Å². The molecule has 63 heavy (non-hydrogen) atoms. The fraction of sp³-hybridized carbons (Fsp3) is 0.422. The average Bonchev–Trinajstić information content (AvgIpc) is 3.23. The first kappa shape index (κ1) is 46.8. The van der Waals surface area contributed by atoms with Crippen LogP contribution in [0.25, 0.3) is 22.2 Å². The summed E-state index contributed by atoms with van der Waals surface area (Å²) in [5.74, 6) is 0.398. The molecule has 0 radical (unpaired) electrons. The van der Waals surface area contributed by atoms with Gasteiger partial charge in [-0.2, -0.15) is 23.1 Å². The number of ether oxygens (including phenoxy) is 6. The van der Waals surface area contributed by atoms with Gasteiger partial charge >= 0.3 is 18.3 Å². The molecule has 0 N–H and O–H groups in total. The average molecular weight is 899 g/mol. The molecule has 3 aromatic carbocycles. The quantitative estimate of drug-likeness (QED) is 0.0780. The second kappa shape index (κ2) is 19.4. The van der Waals surface area contributed by atoms with Crippen LogP contribution in [0.1, 0.15) is 49.9 Å². The molecule has 1 aliphatic heterocycles. The van der Waals surface area contributed by atoms with Crippen molar-refractivity contribution in [1.29, 1.82) is 0 Å². The third-order valence-electron chi connectivity index (χ3n) is 10.4. The van der Waals surface area contributed by atoms with E-state index in [2.05, 4.69) is 15.0 Å². The van der Waals surface area contributed by atoms with Crippen molar-refractivity contribution >= 4 is 40.2 Å². The minimum Gasteiger partial charge on any atom is -0.497 e. The van der Waals surface area contributed by atoms with Crippen molar-refractivity contribution in [3.63, 3.8) is 0 Å². The van der Waals surface area contributed by atoms with E-state index < -0.39 is 52.8 Å². The summed E-state index contributed by atoms with van der Waals surface area (Å²) in [5.41, 5.74) is -2.18. The van der Waals surface area contributed by atoms with E-state index in [4.69, 9.17) is 40.0 Å². The van der Waals surface area contributed by atoms with Crippen molar-refractivity contribution in [1.82, 2.24) is 19.9 Å². The van der Waals surface area contributed by atoms with Gasteiger partial charge in [0, 0.05) is 58.4 Å². The van der Waals surface area contributed by atoms with Crippen LogP contribution in [-0.4, -0.2) is 98.6 Å². The van der Waals surface area contributed by atoms with Crippen molar-refractivity contribution in [2.75, 3.05) is 64.5 Å². The number of methoxy groups -OCH3 is 4. The summed E-state index contributed by atoms with van der Waals surface area (Å²) >= 11 is 6.93. The Morgan fingerprint density at radius 2 is 1.48 bits per heavy atom. The Kier molecular flexibility index (Phi) is 14.4. The van der Waals surface area contributed by atoms with Gasteiger partial charge in [-0.25, -0.2) is 14.2 Å². The molecule has 6 rings (SSSR count). The smallest absolute Gasteiger partial charge is 0.418 e. The van der Waals surface area contributed by atoms with Gasteiger partial charge in [0.2, 0.25) is 0 Å². The van der Waals surface area contributed by atoms with Gasteiger partial charge in [0.1, 0.15) is 40.9 Å². The highest BCUT2D eigenvalue weighted by atomic mass is 35.5. The molecule has 1 atom stereocenters. The zero-order chi connectivity index (χ0) is 45.8. The highest BCUT2D eigenvalue weighted by molar-refractivity contribution is 6.34. The number of hydrogen-bond donors (Lipinski definition) is 0. The number of halogens is 5. The standard InChI is InChI=1S/C45H51ClF4N6O7/c1-26-20-34(55(23-28-10-14-30(58-6)15-11-28)24-29-12-16-31(59-7)17-13-29)51-40(37(26)45(48,49)50)36-33(46)21-32-39(38(36)47)52-42(62-25-35(60-8)61-9)53-41(32)56-19-18-54(22-27(56)2)43(57)63-44(3,4)5/h10-17,20-21,27,35H,18-19,22-25H2,1-9H3/t27-/m0/s1. The molecule has 2 aromatic heterocycles. The fourth-order valence-corrected chi connectivity index (χ4v) is 7.56. The molecule has 0 spiro atoms. The number of amides is 1. The first-order valence-electron chi connectivity index (χ1n) is 20.1.